The van der Waals surface area contributed by atoms with Crippen LogP contribution in [0.3, 0.4) is 0 Å². The summed E-state index contributed by atoms with van der Waals surface area (Å²) >= 11 is 11.8. The van der Waals surface area contributed by atoms with Crippen LogP contribution in [0.5, 0.6) is 0 Å². The Morgan fingerprint density at radius 1 is 1.14 bits per heavy atom. The number of nitrogens with zero attached hydrogens (tertiary/aromatic N) is 1. The van der Waals surface area contributed by atoms with E-state index >= 15 is 0 Å². The Labute approximate surface area is 131 Å². The monoisotopic (exact) mass is 322 g/mol. The number of hydrogen-bond acceptors (Lipinski definition) is 3. The molecule has 2 aromatic carbocycles. The lowest BCUT2D eigenvalue weighted by atomic mass is 10.1. The van der Waals surface area contributed by atoms with E-state index in [4.69, 9.17) is 23.2 Å². The first-order valence-corrected chi connectivity index (χ1v) is 7.27. The molecule has 2 aromatic rings. The van der Waals surface area contributed by atoms with Crippen molar-refractivity contribution in [2.24, 2.45) is 0 Å². The molecule has 0 heterocycles. The molecule has 3 rings (SSSR count). The van der Waals surface area contributed by atoms with Gasteiger partial charge in [-0.1, -0.05) is 53.5 Å². The summed E-state index contributed by atoms with van der Waals surface area (Å²) in [5.41, 5.74) is 1.60. The first-order chi connectivity index (χ1) is 10.1. The van der Waals surface area contributed by atoms with Gasteiger partial charge in [0, 0.05) is 18.0 Å². The summed E-state index contributed by atoms with van der Waals surface area (Å²) in [6.07, 6.45) is 0.946. The molecule has 1 aliphatic carbocycles. The summed E-state index contributed by atoms with van der Waals surface area (Å²) in [5, 5.41) is 14.8. The van der Waals surface area contributed by atoms with Crippen molar-refractivity contribution in [3.8, 4) is 0 Å². The van der Waals surface area contributed by atoms with Crippen LogP contribution >= 0.6 is 23.2 Å². The van der Waals surface area contributed by atoms with Crippen molar-refractivity contribution in [3.63, 3.8) is 0 Å². The van der Waals surface area contributed by atoms with Gasteiger partial charge in [0.1, 0.15) is 5.69 Å². The molecule has 0 aromatic heterocycles. The van der Waals surface area contributed by atoms with Crippen LogP contribution in [-0.2, 0) is 0 Å². The van der Waals surface area contributed by atoms with Crippen molar-refractivity contribution in [1.82, 2.24) is 0 Å². The van der Waals surface area contributed by atoms with Crippen molar-refractivity contribution < 1.29 is 4.92 Å². The third-order valence-corrected chi connectivity index (χ3v) is 4.32. The smallest absolute Gasteiger partial charge is 0.293 e. The molecule has 1 fully saturated rings. The van der Waals surface area contributed by atoms with E-state index in [2.05, 4.69) is 17.4 Å². The van der Waals surface area contributed by atoms with Gasteiger partial charge in [-0.25, -0.2) is 0 Å². The van der Waals surface area contributed by atoms with Gasteiger partial charge in [0.15, 0.2) is 0 Å². The Balaban J connectivity index is 1.80. The van der Waals surface area contributed by atoms with Crippen molar-refractivity contribution in [2.45, 2.75) is 18.4 Å². The predicted octanol–water partition coefficient (Wildman–Crippen LogP) is 4.87. The average molecular weight is 323 g/mol. The third-order valence-electron chi connectivity index (χ3n) is 3.59. The fourth-order valence-corrected chi connectivity index (χ4v) is 2.75. The van der Waals surface area contributed by atoms with Gasteiger partial charge in [0.2, 0.25) is 0 Å². The Morgan fingerprint density at radius 2 is 1.81 bits per heavy atom. The maximum atomic E-state index is 11.1. The van der Waals surface area contributed by atoms with Gasteiger partial charge < -0.3 is 5.32 Å². The number of rotatable bonds is 4. The van der Waals surface area contributed by atoms with E-state index in [1.807, 2.05) is 18.2 Å². The van der Waals surface area contributed by atoms with Gasteiger partial charge >= 0.3 is 0 Å². The zero-order valence-electron chi connectivity index (χ0n) is 10.9. The van der Waals surface area contributed by atoms with E-state index < -0.39 is 4.92 Å². The molecule has 0 bridgehead atoms. The van der Waals surface area contributed by atoms with Gasteiger partial charge in [0.25, 0.3) is 5.69 Å². The second kappa shape index (κ2) is 5.54. The van der Waals surface area contributed by atoms with Gasteiger partial charge in [0.05, 0.1) is 15.0 Å². The molecule has 1 N–H and O–H groups in total. The van der Waals surface area contributed by atoms with Crippen LogP contribution in [0.1, 0.15) is 17.9 Å². The minimum absolute atomic E-state index is 0.0527. The normalized spacial score (nSPS) is 20.1. The summed E-state index contributed by atoms with van der Waals surface area (Å²) in [7, 11) is 0. The van der Waals surface area contributed by atoms with E-state index in [1.54, 1.807) is 0 Å². The summed E-state index contributed by atoms with van der Waals surface area (Å²) in [4.78, 5) is 10.6. The second-order valence-corrected chi connectivity index (χ2v) is 5.86. The minimum Gasteiger partial charge on any atom is -0.376 e. The van der Waals surface area contributed by atoms with E-state index in [-0.39, 0.29) is 16.8 Å². The number of anilines is 1. The quantitative estimate of drug-likeness (QED) is 0.645. The second-order valence-electron chi connectivity index (χ2n) is 5.04. The van der Waals surface area contributed by atoms with Crippen molar-refractivity contribution >= 4 is 34.6 Å². The summed E-state index contributed by atoms with van der Waals surface area (Å²) in [6.45, 7) is 0. The highest BCUT2D eigenvalue weighted by molar-refractivity contribution is 6.42. The van der Waals surface area contributed by atoms with Crippen molar-refractivity contribution in [2.75, 3.05) is 5.32 Å². The molecule has 0 aliphatic heterocycles. The molecule has 4 nitrogen and oxygen atoms in total. The highest BCUT2D eigenvalue weighted by Crippen LogP contribution is 2.44. The van der Waals surface area contributed by atoms with Crippen LogP contribution in [0.4, 0.5) is 11.4 Å². The molecule has 1 aliphatic rings. The number of halogens is 2. The number of nitrogens with one attached hydrogen (secondary N) is 1. The SMILES string of the molecule is O=[N+]([O-])c1cc(Cl)c(Cl)cc1NC1CC1c1ccccc1. The Hall–Kier alpha value is -1.78. The lowest BCUT2D eigenvalue weighted by Crippen LogP contribution is -2.06. The molecule has 2 atom stereocenters. The predicted molar refractivity (Wildman–Crippen MR) is 84.3 cm³/mol. The summed E-state index contributed by atoms with van der Waals surface area (Å²) in [5.74, 6) is 0.375. The number of benzene rings is 2. The fourth-order valence-electron chi connectivity index (χ4n) is 2.43. The van der Waals surface area contributed by atoms with Crippen LogP contribution in [0.15, 0.2) is 42.5 Å². The van der Waals surface area contributed by atoms with Crippen LogP contribution in [0.25, 0.3) is 0 Å². The van der Waals surface area contributed by atoms with E-state index in [9.17, 15) is 10.1 Å². The lowest BCUT2D eigenvalue weighted by Gasteiger charge is -2.08. The van der Waals surface area contributed by atoms with Crippen LogP contribution < -0.4 is 5.32 Å². The molecule has 0 amide bonds. The van der Waals surface area contributed by atoms with Gasteiger partial charge in [-0.2, -0.15) is 0 Å². The van der Waals surface area contributed by atoms with E-state index in [0.29, 0.717) is 16.6 Å². The molecule has 0 radical (unpaired) electrons. The van der Waals surface area contributed by atoms with Crippen LogP contribution in [0.2, 0.25) is 10.0 Å². The maximum absolute atomic E-state index is 11.1. The molecule has 21 heavy (non-hydrogen) atoms. The third kappa shape index (κ3) is 2.96. The Morgan fingerprint density at radius 3 is 2.48 bits per heavy atom. The topological polar surface area (TPSA) is 55.2 Å². The van der Waals surface area contributed by atoms with Crippen LogP contribution in [-0.4, -0.2) is 11.0 Å². The summed E-state index contributed by atoms with van der Waals surface area (Å²) in [6, 6.07) is 13.1. The molecule has 1 saturated carbocycles. The average Bonchev–Trinajstić information content (AvgIpc) is 3.22. The lowest BCUT2D eigenvalue weighted by molar-refractivity contribution is -0.383. The zero-order valence-corrected chi connectivity index (χ0v) is 12.4. The standard InChI is InChI=1S/C15H12Cl2N2O2/c16-11-7-14(15(19(20)21)8-12(11)17)18-13-6-10(13)9-4-2-1-3-5-9/h1-5,7-8,10,13,18H,6H2. The zero-order chi connectivity index (χ0) is 15.0. The first kappa shape index (κ1) is 14.2. The molecular weight excluding hydrogens is 311 g/mol. The Kier molecular flexibility index (Phi) is 3.74. The summed E-state index contributed by atoms with van der Waals surface area (Å²) < 4.78 is 0. The Bertz CT molecular complexity index is 692. The molecule has 2 unspecified atom stereocenters. The maximum Gasteiger partial charge on any atom is 0.293 e. The highest BCUT2D eigenvalue weighted by atomic mass is 35.5. The number of hydrogen-bond donors (Lipinski definition) is 1. The van der Waals surface area contributed by atoms with Gasteiger partial charge in [-0.15, -0.1) is 0 Å². The van der Waals surface area contributed by atoms with Crippen molar-refractivity contribution in [1.29, 1.82) is 0 Å². The van der Waals surface area contributed by atoms with Crippen molar-refractivity contribution in [3.05, 3.63) is 68.2 Å². The van der Waals surface area contributed by atoms with Crippen LogP contribution in [0, 0.1) is 10.1 Å². The highest BCUT2D eigenvalue weighted by Gasteiger charge is 2.39. The molecule has 0 saturated heterocycles. The molecule has 0 spiro atoms. The van der Waals surface area contributed by atoms with E-state index in [0.717, 1.165) is 6.42 Å². The van der Waals surface area contributed by atoms with Gasteiger partial charge in [-0.05, 0) is 18.1 Å². The largest absolute Gasteiger partial charge is 0.376 e. The molecular formula is C15H12Cl2N2O2. The molecule has 6 heteroatoms. The number of nitro benzene ring substituents is 1. The minimum atomic E-state index is -0.454. The number of nitro groups is 1. The fraction of sp³-hybridized carbons (Fsp3) is 0.200. The first-order valence-electron chi connectivity index (χ1n) is 6.51. The van der Waals surface area contributed by atoms with E-state index in [1.165, 1.54) is 17.7 Å². The van der Waals surface area contributed by atoms with Gasteiger partial charge in [-0.3, -0.25) is 10.1 Å². The molecule has 108 valence electrons.